The van der Waals surface area contributed by atoms with Crippen molar-refractivity contribution in [2.24, 2.45) is 11.5 Å². The number of carbonyl (C=O) groups is 1. The molecule has 2 aliphatic heterocycles. The molecule has 0 aliphatic carbocycles. The highest BCUT2D eigenvalue weighted by Gasteiger charge is 2.35. The molecule has 2 aliphatic rings. The average molecular weight is 334 g/mol. The molecule has 5 N–H and O–H groups in total. The van der Waals surface area contributed by atoms with E-state index in [0.29, 0.717) is 13.0 Å². The summed E-state index contributed by atoms with van der Waals surface area (Å²) in [6.07, 6.45) is 0.880. The number of likely N-dealkylation sites (tertiary alicyclic amines) is 1. The standard InChI is InChI=1S/C16H26N6O2/c1-9-10(2)19-14(20-15(9)21-4-3-11(18)7-21)16(24)22-8-13(23)5-12(22)6-17/h11-13,23H,3-8,17-18H2,1-2H3/t11-,12-,13-/m1/s1. The maximum absolute atomic E-state index is 12.8. The topological polar surface area (TPSA) is 122 Å². The van der Waals surface area contributed by atoms with Crippen LogP contribution >= 0.6 is 0 Å². The first-order chi connectivity index (χ1) is 11.4. The molecule has 0 unspecified atom stereocenters. The lowest BCUT2D eigenvalue weighted by Crippen LogP contribution is -2.41. The van der Waals surface area contributed by atoms with Crippen molar-refractivity contribution in [1.29, 1.82) is 0 Å². The van der Waals surface area contributed by atoms with Crippen LogP contribution < -0.4 is 16.4 Å². The lowest BCUT2D eigenvalue weighted by molar-refractivity contribution is 0.0708. The molecule has 8 nitrogen and oxygen atoms in total. The van der Waals surface area contributed by atoms with Crippen molar-refractivity contribution in [2.45, 2.75) is 44.9 Å². The van der Waals surface area contributed by atoms with E-state index in [1.165, 1.54) is 0 Å². The number of β-amino-alcohol motifs (C(OH)–C–C–N with tert-alkyl or cyclic N) is 1. The number of aliphatic hydroxyl groups excluding tert-OH is 1. The zero-order valence-corrected chi connectivity index (χ0v) is 14.3. The summed E-state index contributed by atoms with van der Waals surface area (Å²) >= 11 is 0. The molecule has 2 saturated heterocycles. The molecule has 3 atom stereocenters. The van der Waals surface area contributed by atoms with Gasteiger partial charge in [0.05, 0.1) is 6.10 Å². The van der Waals surface area contributed by atoms with Gasteiger partial charge in [0, 0.05) is 49.5 Å². The molecule has 0 radical (unpaired) electrons. The molecule has 0 saturated carbocycles. The number of carbonyl (C=O) groups excluding carboxylic acids is 1. The average Bonchev–Trinajstić information content (AvgIpc) is 3.14. The first-order valence-corrected chi connectivity index (χ1v) is 8.45. The predicted molar refractivity (Wildman–Crippen MR) is 90.8 cm³/mol. The molecule has 2 fully saturated rings. The predicted octanol–water partition coefficient (Wildman–Crippen LogP) is -0.835. The van der Waals surface area contributed by atoms with Crippen molar-refractivity contribution >= 4 is 11.7 Å². The van der Waals surface area contributed by atoms with Crippen LogP contribution in [-0.4, -0.2) is 70.2 Å². The summed E-state index contributed by atoms with van der Waals surface area (Å²) in [4.78, 5) is 25.5. The highest BCUT2D eigenvalue weighted by atomic mass is 16.3. The molecule has 1 amide bonds. The van der Waals surface area contributed by atoms with E-state index in [1.54, 1.807) is 4.90 Å². The molecule has 3 rings (SSSR count). The molecule has 1 aromatic rings. The maximum atomic E-state index is 12.8. The third kappa shape index (κ3) is 3.09. The summed E-state index contributed by atoms with van der Waals surface area (Å²) < 4.78 is 0. The van der Waals surface area contributed by atoms with Crippen LogP contribution in [0.2, 0.25) is 0 Å². The van der Waals surface area contributed by atoms with Crippen LogP contribution in [0.15, 0.2) is 0 Å². The Morgan fingerprint density at radius 1 is 1.33 bits per heavy atom. The van der Waals surface area contributed by atoms with E-state index in [0.717, 1.165) is 36.6 Å². The first kappa shape index (κ1) is 17.1. The highest BCUT2D eigenvalue weighted by Crippen LogP contribution is 2.25. The van der Waals surface area contributed by atoms with Gasteiger partial charge in [-0.05, 0) is 26.7 Å². The minimum Gasteiger partial charge on any atom is -0.391 e. The number of hydrogen-bond donors (Lipinski definition) is 3. The number of nitrogens with two attached hydrogens (primary N) is 2. The summed E-state index contributed by atoms with van der Waals surface area (Å²) in [5.41, 5.74) is 13.5. The van der Waals surface area contributed by atoms with Crippen molar-refractivity contribution in [1.82, 2.24) is 14.9 Å². The number of aliphatic hydroxyl groups is 1. The second kappa shape index (κ2) is 6.62. The van der Waals surface area contributed by atoms with Gasteiger partial charge in [-0.2, -0.15) is 0 Å². The number of aromatic nitrogens is 2. The van der Waals surface area contributed by atoms with E-state index < -0.39 is 6.10 Å². The Morgan fingerprint density at radius 3 is 2.71 bits per heavy atom. The van der Waals surface area contributed by atoms with E-state index >= 15 is 0 Å². The number of rotatable bonds is 3. The van der Waals surface area contributed by atoms with E-state index in [-0.39, 0.29) is 30.4 Å². The van der Waals surface area contributed by atoms with Crippen LogP contribution in [0.5, 0.6) is 0 Å². The second-order valence-electron chi connectivity index (χ2n) is 6.81. The molecule has 1 aromatic heterocycles. The van der Waals surface area contributed by atoms with E-state index in [1.807, 2.05) is 13.8 Å². The number of nitrogens with zero attached hydrogens (tertiary/aromatic N) is 4. The van der Waals surface area contributed by atoms with Crippen LogP contribution in [0, 0.1) is 13.8 Å². The van der Waals surface area contributed by atoms with Crippen LogP contribution in [0.3, 0.4) is 0 Å². The Balaban J connectivity index is 1.91. The van der Waals surface area contributed by atoms with Crippen molar-refractivity contribution in [3.05, 3.63) is 17.1 Å². The molecule has 0 spiro atoms. The Labute approximate surface area is 141 Å². The van der Waals surface area contributed by atoms with Crippen molar-refractivity contribution in [3.8, 4) is 0 Å². The van der Waals surface area contributed by atoms with E-state index in [9.17, 15) is 9.90 Å². The molecular formula is C16H26N6O2. The van der Waals surface area contributed by atoms with Gasteiger partial charge >= 0.3 is 0 Å². The molecule has 0 bridgehead atoms. The Kier molecular flexibility index (Phi) is 4.71. The SMILES string of the molecule is Cc1nc(C(=O)N2C[C@H](O)C[C@@H]2CN)nc(N2CC[C@@H](N)C2)c1C. The number of anilines is 1. The fraction of sp³-hybridized carbons (Fsp3) is 0.688. The summed E-state index contributed by atoms with van der Waals surface area (Å²) in [6.45, 7) is 6.01. The Morgan fingerprint density at radius 2 is 2.08 bits per heavy atom. The Bertz CT molecular complexity index is 637. The zero-order valence-electron chi connectivity index (χ0n) is 14.3. The normalized spacial score (nSPS) is 27.1. The van der Waals surface area contributed by atoms with Gasteiger partial charge < -0.3 is 26.4 Å². The summed E-state index contributed by atoms with van der Waals surface area (Å²) in [5.74, 6) is 0.679. The quantitative estimate of drug-likeness (QED) is 0.659. The van der Waals surface area contributed by atoms with Crippen LogP contribution in [0.4, 0.5) is 5.82 Å². The monoisotopic (exact) mass is 334 g/mol. The van der Waals surface area contributed by atoms with Crippen LogP contribution in [0.25, 0.3) is 0 Å². The maximum Gasteiger partial charge on any atom is 0.292 e. The van der Waals surface area contributed by atoms with Crippen LogP contribution in [-0.2, 0) is 0 Å². The number of aryl methyl sites for hydroxylation is 1. The fourth-order valence-corrected chi connectivity index (χ4v) is 3.49. The van der Waals surface area contributed by atoms with Gasteiger partial charge in [0.15, 0.2) is 0 Å². The van der Waals surface area contributed by atoms with Gasteiger partial charge in [0.2, 0.25) is 5.82 Å². The molecule has 3 heterocycles. The van der Waals surface area contributed by atoms with E-state index in [2.05, 4.69) is 14.9 Å². The second-order valence-corrected chi connectivity index (χ2v) is 6.81. The minimum atomic E-state index is -0.537. The van der Waals surface area contributed by atoms with Gasteiger partial charge in [-0.15, -0.1) is 0 Å². The van der Waals surface area contributed by atoms with Gasteiger partial charge in [-0.3, -0.25) is 4.79 Å². The molecular weight excluding hydrogens is 308 g/mol. The molecule has 0 aromatic carbocycles. The largest absolute Gasteiger partial charge is 0.391 e. The van der Waals surface area contributed by atoms with Crippen molar-refractivity contribution in [2.75, 3.05) is 31.1 Å². The summed E-state index contributed by atoms with van der Waals surface area (Å²) in [6, 6.07) is -0.0319. The molecule has 8 heteroatoms. The summed E-state index contributed by atoms with van der Waals surface area (Å²) in [5, 5.41) is 9.84. The third-order valence-corrected chi connectivity index (χ3v) is 5.00. The fourth-order valence-electron chi connectivity index (χ4n) is 3.49. The lowest BCUT2D eigenvalue weighted by atomic mass is 10.2. The zero-order chi connectivity index (χ0) is 17.4. The van der Waals surface area contributed by atoms with Crippen LogP contribution in [0.1, 0.15) is 34.7 Å². The van der Waals surface area contributed by atoms with E-state index in [4.69, 9.17) is 11.5 Å². The lowest BCUT2D eigenvalue weighted by Gasteiger charge is -2.24. The van der Waals surface area contributed by atoms with Gasteiger partial charge in [-0.25, -0.2) is 9.97 Å². The van der Waals surface area contributed by atoms with Crippen molar-refractivity contribution in [3.63, 3.8) is 0 Å². The Hall–Kier alpha value is -1.77. The van der Waals surface area contributed by atoms with Crippen molar-refractivity contribution < 1.29 is 9.90 Å². The summed E-state index contributed by atoms with van der Waals surface area (Å²) in [7, 11) is 0. The minimum absolute atomic E-state index is 0.133. The van der Waals surface area contributed by atoms with Gasteiger partial charge in [0.1, 0.15) is 5.82 Å². The highest BCUT2D eigenvalue weighted by molar-refractivity contribution is 5.91. The smallest absolute Gasteiger partial charge is 0.292 e. The van der Waals surface area contributed by atoms with Gasteiger partial charge in [-0.1, -0.05) is 0 Å². The third-order valence-electron chi connectivity index (χ3n) is 5.00. The first-order valence-electron chi connectivity index (χ1n) is 8.45. The van der Waals surface area contributed by atoms with Gasteiger partial charge in [0.25, 0.3) is 5.91 Å². The molecule has 24 heavy (non-hydrogen) atoms. The number of amides is 1. The number of hydrogen-bond acceptors (Lipinski definition) is 7. The molecule has 132 valence electrons.